The van der Waals surface area contributed by atoms with E-state index in [0.717, 1.165) is 18.7 Å². The highest BCUT2D eigenvalue weighted by atomic mass is 35.5. The summed E-state index contributed by atoms with van der Waals surface area (Å²) in [5.41, 5.74) is 1.68. The minimum Gasteiger partial charge on any atom is -0.494 e. The maximum Gasteiger partial charge on any atom is 0.123 e. The number of rotatable bonds is 6. The summed E-state index contributed by atoms with van der Waals surface area (Å²) in [5.74, 6) is 0.990. The van der Waals surface area contributed by atoms with Gasteiger partial charge in [0.2, 0.25) is 0 Å². The van der Waals surface area contributed by atoms with Gasteiger partial charge in [-0.15, -0.1) is 12.4 Å². The van der Waals surface area contributed by atoms with Crippen LogP contribution in [0.15, 0.2) is 24.3 Å². The summed E-state index contributed by atoms with van der Waals surface area (Å²) < 4.78 is 5.66. The molecule has 1 N–H and O–H groups in total. The van der Waals surface area contributed by atoms with E-state index in [1.165, 1.54) is 5.56 Å². The van der Waals surface area contributed by atoms with Crippen LogP contribution in [0.1, 0.15) is 53.5 Å². The van der Waals surface area contributed by atoms with Crippen molar-refractivity contribution in [3.05, 3.63) is 29.8 Å². The summed E-state index contributed by atoms with van der Waals surface area (Å²) in [6, 6.07) is 8.26. The first-order valence-corrected chi connectivity index (χ1v) is 7.19. The first kappa shape index (κ1) is 19.3. The van der Waals surface area contributed by atoms with E-state index in [1.807, 2.05) is 19.1 Å². The Morgan fingerprint density at radius 3 is 2.20 bits per heavy atom. The number of benzene rings is 1. The lowest BCUT2D eigenvalue weighted by molar-refractivity contribution is 0.239. The average molecular weight is 300 g/mol. The van der Waals surface area contributed by atoms with E-state index in [0.29, 0.717) is 12.0 Å². The molecule has 0 spiro atoms. The van der Waals surface area contributed by atoms with Gasteiger partial charge in [-0.05, 0) is 38.7 Å². The fraction of sp³-hybridized carbons (Fsp3) is 0.647. The Morgan fingerprint density at radius 2 is 1.65 bits per heavy atom. The zero-order valence-corrected chi connectivity index (χ0v) is 14.6. The Labute approximate surface area is 130 Å². The molecule has 0 aliphatic rings. The number of halogens is 1. The summed E-state index contributed by atoms with van der Waals surface area (Å²) in [6.07, 6.45) is 1.14. The van der Waals surface area contributed by atoms with Crippen molar-refractivity contribution < 1.29 is 4.74 Å². The van der Waals surface area contributed by atoms with Crippen molar-refractivity contribution in [3.8, 4) is 5.75 Å². The van der Waals surface area contributed by atoms with Crippen molar-refractivity contribution >= 4 is 12.4 Å². The smallest absolute Gasteiger partial charge is 0.123 e. The summed E-state index contributed by atoms with van der Waals surface area (Å²) in [6.45, 7) is 15.0. The molecule has 2 nitrogen and oxygen atoms in total. The van der Waals surface area contributed by atoms with Gasteiger partial charge in [-0.25, -0.2) is 0 Å². The molecule has 0 saturated heterocycles. The molecule has 0 atom stereocenters. The Hall–Kier alpha value is -0.730. The van der Waals surface area contributed by atoms with E-state index in [2.05, 4.69) is 52.1 Å². The minimum absolute atomic E-state index is 0. The van der Waals surface area contributed by atoms with E-state index in [9.17, 15) is 0 Å². The quantitative estimate of drug-likeness (QED) is 0.814. The van der Waals surface area contributed by atoms with Crippen LogP contribution in [0.4, 0.5) is 0 Å². The molecule has 116 valence electrons. The van der Waals surface area contributed by atoms with Crippen LogP contribution < -0.4 is 10.1 Å². The van der Waals surface area contributed by atoms with Gasteiger partial charge >= 0.3 is 0 Å². The molecule has 1 aromatic carbocycles. The predicted molar refractivity (Wildman–Crippen MR) is 89.8 cm³/mol. The molecule has 0 unspecified atom stereocenters. The van der Waals surface area contributed by atoms with Crippen LogP contribution >= 0.6 is 12.4 Å². The van der Waals surface area contributed by atoms with Crippen LogP contribution in [0.2, 0.25) is 0 Å². The van der Waals surface area contributed by atoms with Crippen LogP contribution in [-0.4, -0.2) is 12.1 Å². The van der Waals surface area contributed by atoms with E-state index in [1.54, 1.807) is 0 Å². The normalized spacial score (nSPS) is 11.9. The Bertz CT molecular complexity index is 396. The molecular formula is C17H30ClNO. The van der Waals surface area contributed by atoms with Crippen molar-refractivity contribution in [2.75, 3.05) is 6.61 Å². The molecule has 1 aromatic rings. The summed E-state index contributed by atoms with van der Waals surface area (Å²) in [4.78, 5) is 0. The van der Waals surface area contributed by atoms with Gasteiger partial charge in [0.25, 0.3) is 0 Å². The Morgan fingerprint density at radius 1 is 1.05 bits per heavy atom. The molecule has 0 amide bonds. The van der Waals surface area contributed by atoms with Crippen LogP contribution in [-0.2, 0) is 6.54 Å². The van der Waals surface area contributed by atoms with Gasteiger partial charge in [-0.1, -0.05) is 39.0 Å². The standard InChI is InChI=1S/C17H29NO.ClH/c1-7-19-15-11-9-8-10-14(15)12-18-17(5,6)13-16(2,3)4;/h8-11,18H,7,12-13H2,1-6H3;1H. The number of hydrogen-bond donors (Lipinski definition) is 1. The number of hydrogen-bond acceptors (Lipinski definition) is 2. The molecule has 20 heavy (non-hydrogen) atoms. The maximum atomic E-state index is 5.66. The fourth-order valence-electron chi connectivity index (χ4n) is 2.67. The third-order valence-corrected chi connectivity index (χ3v) is 3.00. The van der Waals surface area contributed by atoms with Gasteiger partial charge in [0.15, 0.2) is 0 Å². The van der Waals surface area contributed by atoms with Crippen molar-refractivity contribution in [2.45, 2.75) is 60.0 Å². The summed E-state index contributed by atoms with van der Waals surface area (Å²) in [7, 11) is 0. The molecule has 0 aliphatic heterocycles. The highest BCUT2D eigenvalue weighted by Crippen LogP contribution is 2.27. The van der Waals surface area contributed by atoms with Crippen LogP contribution in [0.5, 0.6) is 5.75 Å². The van der Waals surface area contributed by atoms with Gasteiger partial charge in [-0.3, -0.25) is 0 Å². The van der Waals surface area contributed by atoms with E-state index in [-0.39, 0.29) is 17.9 Å². The van der Waals surface area contributed by atoms with Gasteiger partial charge in [0.1, 0.15) is 5.75 Å². The number of nitrogens with one attached hydrogen (secondary N) is 1. The second-order valence-corrected chi connectivity index (χ2v) is 7.02. The maximum absolute atomic E-state index is 5.66. The van der Waals surface area contributed by atoms with Crippen LogP contribution in [0, 0.1) is 5.41 Å². The van der Waals surface area contributed by atoms with E-state index in [4.69, 9.17) is 4.74 Å². The lowest BCUT2D eigenvalue weighted by Crippen LogP contribution is -2.41. The summed E-state index contributed by atoms with van der Waals surface area (Å²) >= 11 is 0. The fourth-order valence-corrected chi connectivity index (χ4v) is 2.67. The number of para-hydroxylation sites is 1. The molecule has 0 heterocycles. The van der Waals surface area contributed by atoms with Crippen molar-refractivity contribution in [1.29, 1.82) is 0 Å². The number of ether oxygens (including phenoxy) is 1. The van der Waals surface area contributed by atoms with Crippen molar-refractivity contribution in [3.63, 3.8) is 0 Å². The van der Waals surface area contributed by atoms with Gasteiger partial charge in [-0.2, -0.15) is 0 Å². The second-order valence-electron chi connectivity index (χ2n) is 7.02. The Balaban J connectivity index is 0.00000361. The molecule has 0 aromatic heterocycles. The zero-order valence-electron chi connectivity index (χ0n) is 13.7. The highest BCUT2D eigenvalue weighted by Gasteiger charge is 2.24. The SMILES string of the molecule is CCOc1ccccc1CNC(C)(C)CC(C)(C)C.Cl. The third kappa shape index (κ3) is 7.16. The van der Waals surface area contributed by atoms with E-state index >= 15 is 0 Å². The van der Waals surface area contributed by atoms with Crippen molar-refractivity contribution in [2.24, 2.45) is 5.41 Å². The lowest BCUT2D eigenvalue weighted by Gasteiger charge is -2.33. The van der Waals surface area contributed by atoms with Crippen LogP contribution in [0.3, 0.4) is 0 Å². The molecule has 0 radical (unpaired) electrons. The summed E-state index contributed by atoms with van der Waals surface area (Å²) in [5, 5.41) is 3.65. The van der Waals surface area contributed by atoms with Gasteiger partial charge in [0, 0.05) is 17.6 Å². The lowest BCUT2D eigenvalue weighted by atomic mass is 9.82. The van der Waals surface area contributed by atoms with Gasteiger partial charge < -0.3 is 10.1 Å². The molecule has 0 fully saturated rings. The molecule has 0 bridgehead atoms. The van der Waals surface area contributed by atoms with Crippen molar-refractivity contribution in [1.82, 2.24) is 5.32 Å². The minimum atomic E-state index is 0. The molecule has 1 rings (SSSR count). The first-order chi connectivity index (χ1) is 8.73. The molecule has 0 saturated carbocycles. The largest absolute Gasteiger partial charge is 0.494 e. The van der Waals surface area contributed by atoms with Crippen LogP contribution in [0.25, 0.3) is 0 Å². The van der Waals surface area contributed by atoms with E-state index < -0.39 is 0 Å². The highest BCUT2D eigenvalue weighted by molar-refractivity contribution is 5.85. The topological polar surface area (TPSA) is 21.3 Å². The monoisotopic (exact) mass is 299 g/mol. The second kappa shape index (κ2) is 7.90. The van der Waals surface area contributed by atoms with Gasteiger partial charge in [0.05, 0.1) is 6.61 Å². The third-order valence-electron chi connectivity index (χ3n) is 3.00. The molecule has 0 aliphatic carbocycles. The predicted octanol–water partition coefficient (Wildman–Crippen LogP) is 4.81. The molecular weight excluding hydrogens is 270 g/mol. The first-order valence-electron chi connectivity index (χ1n) is 7.19. The Kier molecular flexibility index (Phi) is 7.61. The zero-order chi connectivity index (χ0) is 14.5. The molecule has 3 heteroatoms. The average Bonchev–Trinajstić information content (AvgIpc) is 2.25.